The normalized spacial score (nSPS) is 27.8. The van der Waals surface area contributed by atoms with Gasteiger partial charge in [-0.2, -0.15) is 0 Å². The molecule has 3 fully saturated rings. The summed E-state index contributed by atoms with van der Waals surface area (Å²) in [6.07, 6.45) is 3.63. The number of fused-ring (bicyclic) bond motifs is 1. The monoisotopic (exact) mass is 263 g/mol. The number of carbonyl (C=O) groups excluding carboxylic acids is 1. The van der Waals surface area contributed by atoms with Crippen LogP contribution in [0.15, 0.2) is 12.3 Å². The van der Waals surface area contributed by atoms with E-state index in [-0.39, 0.29) is 11.3 Å². The Morgan fingerprint density at radius 2 is 2.37 bits per heavy atom. The molecule has 102 valence electrons. The van der Waals surface area contributed by atoms with Gasteiger partial charge in [0.15, 0.2) is 11.4 Å². The zero-order valence-electron chi connectivity index (χ0n) is 11.1. The van der Waals surface area contributed by atoms with E-state index in [1.54, 1.807) is 12.3 Å². The number of aromatic nitrogens is 1. The van der Waals surface area contributed by atoms with Gasteiger partial charge in [-0.15, -0.1) is 0 Å². The third-order valence-electron chi connectivity index (χ3n) is 3.82. The molecule has 3 aliphatic rings. The maximum atomic E-state index is 12.0. The fourth-order valence-electron chi connectivity index (χ4n) is 2.80. The Kier molecular flexibility index (Phi) is 2.93. The van der Waals surface area contributed by atoms with Crippen molar-refractivity contribution < 1.29 is 19.0 Å². The molecule has 2 bridgehead atoms. The van der Waals surface area contributed by atoms with Crippen LogP contribution in [0.5, 0.6) is 5.75 Å². The van der Waals surface area contributed by atoms with Crippen molar-refractivity contribution in [3.8, 4) is 5.75 Å². The topological polar surface area (TPSA) is 57.7 Å². The van der Waals surface area contributed by atoms with Crippen molar-refractivity contribution in [1.82, 2.24) is 4.98 Å². The number of nitrogens with zero attached hydrogens (tertiary/aromatic N) is 1. The summed E-state index contributed by atoms with van der Waals surface area (Å²) in [5.74, 6) is 0.650. The van der Waals surface area contributed by atoms with E-state index in [4.69, 9.17) is 14.2 Å². The largest absolute Gasteiger partial charge is 0.494 e. The number of esters is 1. The predicted molar refractivity (Wildman–Crippen MR) is 67.2 cm³/mol. The number of pyridine rings is 1. The second-order valence-corrected chi connectivity index (χ2v) is 5.41. The van der Waals surface area contributed by atoms with Crippen LogP contribution in [0.2, 0.25) is 0 Å². The maximum Gasteiger partial charge on any atom is 0.360 e. The highest BCUT2D eigenvalue weighted by Crippen LogP contribution is 2.48. The quantitative estimate of drug-likeness (QED) is 0.774. The highest BCUT2D eigenvalue weighted by atomic mass is 16.6. The van der Waals surface area contributed by atoms with Crippen molar-refractivity contribution in [2.45, 2.75) is 25.4 Å². The summed E-state index contributed by atoms with van der Waals surface area (Å²) in [6, 6.07) is 1.77. The molecule has 0 amide bonds. The van der Waals surface area contributed by atoms with Crippen LogP contribution in [-0.4, -0.2) is 36.9 Å². The number of rotatable bonds is 4. The molecule has 1 aliphatic carbocycles. The van der Waals surface area contributed by atoms with Crippen LogP contribution in [0.1, 0.15) is 28.9 Å². The number of aryl methyl sites for hydroxylation is 1. The average molecular weight is 263 g/mol. The molecule has 0 unspecified atom stereocenters. The molecule has 19 heavy (non-hydrogen) atoms. The molecule has 3 heterocycles. The van der Waals surface area contributed by atoms with Crippen molar-refractivity contribution in [2.24, 2.45) is 5.92 Å². The molecule has 2 aliphatic heterocycles. The molecule has 0 N–H and O–H groups in total. The standard InChI is InChI=1S/C14H17NO4/c1-9-3-11(17-2)12(15-6-9)13(16)18-8-14-4-10(5-14)7-19-14/h3,6,10H,4-5,7-8H2,1-2H3. The lowest BCUT2D eigenvalue weighted by molar-refractivity contribution is -0.0553. The van der Waals surface area contributed by atoms with Gasteiger partial charge in [-0.1, -0.05) is 0 Å². The van der Waals surface area contributed by atoms with E-state index in [2.05, 4.69) is 4.98 Å². The molecule has 0 spiro atoms. The fraction of sp³-hybridized carbons (Fsp3) is 0.571. The molecule has 0 aromatic carbocycles. The van der Waals surface area contributed by atoms with Gasteiger partial charge >= 0.3 is 5.97 Å². The minimum atomic E-state index is -0.454. The minimum absolute atomic E-state index is 0.221. The number of hydrogen-bond donors (Lipinski definition) is 0. The first kappa shape index (κ1) is 12.4. The van der Waals surface area contributed by atoms with Crippen LogP contribution in [-0.2, 0) is 9.47 Å². The van der Waals surface area contributed by atoms with Crippen LogP contribution in [0.3, 0.4) is 0 Å². The average Bonchev–Trinajstić information content (AvgIpc) is 2.95. The van der Waals surface area contributed by atoms with Crippen LogP contribution in [0.4, 0.5) is 0 Å². The molecule has 4 rings (SSSR count). The predicted octanol–water partition coefficient (Wildman–Crippen LogP) is 1.73. The highest BCUT2D eigenvalue weighted by molar-refractivity contribution is 5.90. The summed E-state index contributed by atoms with van der Waals surface area (Å²) in [6.45, 7) is 3.00. The van der Waals surface area contributed by atoms with E-state index in [0.29, 0.717) is 18.3 Å². The molecule has 1 saturated carbocycles. The molecule has 0 radical (unpaired) electrons. The van der Waals surface area contributed by atoms with Crippen molar-refractivity contribution in [3.05, 3.63) is 23.5 Å². The molecule has 5 heteroatoms. The lowest BCUT2D eigenvalue weighted by Gasteiger charge is -2.34. The van der Waals surface area contributed by atoms with Gasteiger partial charge in [0, 0.05) is 6.20 Å². The van der Waals surface area contributed by atoms with Gasteiger partial charge < -0.3 is 14.2 Å². The van der Waals surface area contributed by atoms with E-state index in [1.807, 2.05) is 6.92 Å². The van der Waals surface area contributed by atoms with Crippen molar-refractivity contribution in [2.75, 3.05) is 20.3 Å². The van der Waals surface area contributed by atoms with Crippen molar-refractivity contribution >= 4 is 5.97 Å². The van der Waals surface area contributed by atoms with Crippen LogP contribution < -0.4 is 4.74 Å². The Hall–Kier alpha value is -1.62. The Morgan fingerprint density at radius 3 is 3.00 bits per heavy atom. The van der Waals surface area contributed by atoms with Gasteiger partial charge in [-0.3, -0.25) is 0 Å². The van der Waals surface area contributed by atoms with Crippen LogP contribution in [0, 0.1) is 12.8 Å². The third-order valence-corrected chi connectivity index (χ3v) is 3.82. The summed E-state index contributed by atoms with van der Waals surface area (Å²) in [4.78, 5) is 16.1. The fourth-order valence-corrected chi connectivity index (χ4v) is 2.80. The first-order valence-corrected chi connectivity index (χ1v) is 6.44. The van der Waals surface area contributed by atoms with Crippen LogP contribution in [0.25, 0.3) is 0 Å². The smallest absolute Gasteiger partial charge is 0.360 e. The van der Waals surface area contributed by atoms with Gasteiger partial charge in [0.25, 0.3) is 0 Å². The molecule has 1 aromatic heterocycles. The number of methoxy groups -OCH3 is 1. The molecule has 0 atom stereocenters. The van der Waals surface area contributed by atoms with Gasteiger partial charge in [0.2, 0.25) is 0 Å². The minimum Gasteiger partial charge on any atom is -0.494 e. The summed E-state index contributed by atoms with van der Waals surface area (Å²) < 4.78 is 16.1. The van der Waals surface area contributed by atoms with Crippen molar-refractivity contribution in [3.63, 3.8) is 0 Å². The summed E-state index contributed by atoms with van der Waals surface area (Å²) in [7, 11) is 1.52. The van der Waals surface area contributed by atoms with E-state index in [0.717, 1.165) is 25.0 Å². The first-order chi connectivity index (χ1) is 9.12. The SMILES string of the molecule is COc1cc(C)cnc1C(=O)OCC12CC(CO1)C2. The molecule has 1 aromatic rings. The van der Waals surface area contributed by atoms with Crippen molar-refractivity contribution in [1.29, 1.82) is 0 Å². The summed E-state index contributed by atoms with van der Waals surface area (Å²) in [5, 5.41) is 0. The molecule has 5 nitrogen and oxygen atoms in total. The second-order valence-electron chi connectivity index (χ2n) is 5.41. The molecule has 2 saturated heterocycles. The summed E-state index contributed by atoms with van der Waals surface area (Å²) in [5.41, 5.74) is 0.935. The van der Waals surface area contributed by atoms with Gasteiger partial charge in [0.1, 0.15) is 12.2 Å². The highest BCUT2D eigenvalue weighted by Gasteiger charge is 2.52. The zero-order chi connectivity index (χ0) is 13.5. The van der Waals surface area contributed by atoms with E-state index in [1.165, 1.54) is 7.11 Å². The third kappa shape index (κ3) is 2.18. The Morgan fingerprint density at radius 1 is 1.58 bits per heavy atom. The number of ether oxygens (including phenoxy) is 3. The number of carbonyl (C=O) groups is 1. The maximum absolute atomic E-state index is 12.0. The Bertz CT molecular complexity index is 503. The Balaban J connectivity index is 1.67. The van der Waals surface area contributed by atoms with Gasteiger partial charge in [-0.05, 0) is 37.3 Å². The van der Waals surface area contributed by atoms with Gasteiger partial charge in [-0.25, -0.2) is 9.78 Å². The second kappa shape index (κ2) is 4.49. The van der Waals surface area contributed by atoms with Crippen LogP contribution >= 0.6 is 0 Å². The van der Waals surface area contributed by atoms with Gasteiger partial charge in [0.05, 0.1) is 13.7 Å². The van der Waals surface area contributed by atoms with E-state index >= 15 is 0 Å². The number of hydrogen-bond acceptors (Lipinski definition) is 5. The van der Waals surface area contributed by atoms with E-state index < -0.39 is 5.97 Å². The zero-order valence-corrected chi connectivity index (χ0v) is 11.1. The lowest BCUT2D eigenvalue weighted by atomic mass is 9.75. The Labute approximate surface area is 111 Å². The van der Waals surface area contributed by atoms with E-state index in [9.17, 15) is 4.79 Å². The summed E-state index contributed by atoms with van der Waals surface area (Å²) >= 11 is 0. The molecular formula is C14H17NO4. The lowest BCUT2D eigenvalue weighted by Crippen LogP contribution is -2.41. The first-order valence-electron chi connectivity index (χ1n) is 6.44. The molecular weight excluding hydrogens is 246 g/mol.